The van der Waals surface area contributed by atoms with Gasteiger partial charge in [0.05, 0.1) is 0 Å². The molecule has 2 unspecified atom stereocenters. The molecule has 4 nitrogen and oxygen atoms in total. The molecule has 0 aliphatic heterocycles. The van der Waals surface area contributed by atoms with Gasteiger partial charge in [-0.15, -0.1) is 0 Å². The first kappa shape index (κ1) is 35.9. The Morgan fingerprint density at radius 1 is 0.400 bits per heavy atom. The monoisotopic (exact) mass is 787 g/mol. The predicted octanol–water partition coefficient (Wildman–Crippen LogP) is 12.3. The third-order valence-electron chi connectivity index (χ3n) is 11.9. The van der Waals surface area contributed by atoms with Gasteiger partial charge in [0, 0.05) is 44.4 Å². The number of hydrogen-bond donors (Lipinski definition) is 0. The Balaban J connectivity index is 1.14. The van der Waals surface area contributed by atoms with E-state index in [4.69, 9.17) is 15.0 Å². The molecular weight excluding hydrogens is 750 g/mol. The third-order valence-corrected chi connectivity index (χ3v) is 14.9. The molecule has 2 atom stereocenters. The molecule has 2 aliphatic rings. The number of allylic oxidation sites excluding steroid dienone is 8. The van der Waals surface area contributed by atoms with E-state index in [1.165, 1.54) is 0 Å². The van der Waals surface area contributed by atoms with Crippen LogP contribution >= 0.6 is 7.14 Å². The molecule has 0 amide bonds. The van der Waals surface area contributed by atoms with Crippen LogP contribution in [0.1, 0.15) is 5.82 Å². The van der Waals surface area contributed by atoms with E-state index in [1.807, 2.05) is 72.8 Å². The lowest BCUT2D eigenvalue weighted by Crippen LogP contribution is -2.25. The quantitative estimate of drug-likeness (QED) is 0.119. The average molecular weight is 788 g/mol. The SMILES string of the molecule is O=P(c1ccccc1)(c1ccccc1)c1cccc(-c2c3ccccc3c(-c3nc(C4=CC5C=CC=CC5C=C4)nc(-c4ccc5ccccc5c4)n3)c3ccccc23)c1. The minimum atomic E-state index is -3.23. The van der Waals surface area contributed by atoms with Crippen LogP contribution in [0.15, 0.2) is 218 Å². The molecule has 0 saturated carbocycles. The van der Waals surface area contributed by atoms with Gasteiger partial charge in [-0.1, -0.05) is 206 Å². The van der Waals surface area contributed by atoms with E-state index in [0.717, 1.165) is 76.1 Å². The Kier molecular flexibility index (Phi) is 8.87. The number of aromatic nitrogens is 3. The first-order valence-corrected chi connectivity index (χ1v) is 22.1. The number of hydrogen-bond acceptors (Lipinski definition) is 4. The summed E-state index contributed by atoms with van der Waals surface area (Å²) in [6.07, 6.45) is 15.4. The molecule has 1 heterocycles. The zero-order chi connectivity index (χ0) is 40.0. The van der Waals surface area contributed by atoms with Crippen LogP contribution in [-0.2, 0) is 4.57 Å². The Bertz CT molecular complexity index is 3210. The van der Waals surface area contributed by atoms with Crippen molar-refractivity contribution in [2.45, 2.75) is 0 Å². The van der Waals surface area contributed by atoms with Crippen LogP contribution in [0, 0.1) is 11.8 Å². The second-order valence-electron chi connectivity index (χ2n) is 15.4. The van der Waals surface area contributed by atoms with Crippen molar-refractivity contribution in [2.24, 2.45) is 11.8 Å². The van der Waals surface area contributed by atoms with Crippen LogP contribution in [0.5, 0.6) is 0 Å². The van der Waals surface area contributed by atoms with Crippen molar-refractivity contribution in [1.82, 2.24) is 15.0 Å². The van der Waals surface area contributed by atoms with Crippen molar-refractivity contribution in [2.75, 3.05) is 0 Å². The lowest BCUT2D eigenvalue weighted by molar-refractivity contribution is 0.592. The van der Waals surface area contributed by atoms with E-state index in [-0.39, 0.29) is 5.92 Å². The summed E-state index contributed by atoms with van der Waals surface area (Å²) >= 11 is 0. The summed E-state index contributed by atoms with van der Waals surface area (Å²) in [5.74, 6) is 2.43. The first-order chi connectivity index (χ1) is 29.6. The highest BCUT2D eigenvalue weighted by Crippen LogP contribution is 2.46. The van der Waals surface area contributed by atoms with Gasteiger partial charge in [-0.05, 0) is 55.6 Å². The molecule has 5 heteroatoms. The summed E-state index contributed by atoms with van der Waals surface area (Å²) < 4.78 is 15.6. The van der Waals surface area contributed by atoms with Crippen LogP contribution in [0.25, 0.3) is 71.8 Å². The summed E-state index contributed by atoms with van der Waals surface area (Å²) in [6, 6.07) is 59.9. The van der Waals surface area contributed by atoms with Gasteiger partial charge in [0.15, 0.2) is 24.6 Å². The maximum absolute atomic E-state index is 15.6. The summed E-state index contributed by atoms with van der Waals surface area (Å²) in [5, 5.41) is 8.87. The summed E-state index contributed by atoms with van der Waals surface area (Å²) in [4.78, 5) is 15.9. The van der Waals surface area contributed by atoms with Gasteiger partial charge in [0.1, 0.15) is 0 Å². The standard InChI is InChI=1S/C55H38N3OP/c59-60(44-21-3-1-4-22-44,45-23-5-2-6-24-45)46-25-15-20-41(36-46)51-47-26-11-13-28-49(47)52(50-29-14-12-27-48(50)51)55-57-53(42-32-30-37-16-7-9-18-39(37)34-42)56-54(58-55)43-33-31-38-17-8-10-19-40(38)35-43/h1-37,39H. The lowest BCUT2D eigenvalue weighted by Gasteiger charge is -2.23. The van der Waals surface area contributed by atoms with Crippen molar-refractivity contribution >= 4 is 60.9 Å². The van der Waals surface area contributed by atoms with Gasteiger partial charge in [-0.2, -0.15) is 0 Å². The van der Waals surface area contributed by atoms with Gasteiger partial charge in [-0.3, -0.25) is 0 Å². The number of benzene rings is 8. The molecule has 0 radical (unpaired) electrons. The van der Waals surface area contributed by atoms with Crippen LogP contribution < -0.4 is 15.9 Å². The number of fused-ring (bicyclic) bond motifs is 4. The fraction of sp³-hybridized carbons (Fsp3) is 0.0364. The molecule has 0 saturated heterocycles. The lowest BCUT2D eigenvalue weighted by atomic mass is 9.83. The minimum Gasteiger partial charge on any atom is -0.309 e. The van der Waals surface area contributed by atoms with E-state index in [9.17, 15) is 0 Å². The zero-order valence-corrected chi connectivity index (χ0v) is 33.5. The van der Waals surface area contributed by atoms with Gasteiger partial charge in [0.2, 0.25) is 0 Å². The summed E-state index contributed by atoms with van der Waals surface area (Å²) in [7, 11) is -3.23. The van der Waals surface area contributed by atoms with Crippen molar-refractivity contribution < 1.29 is 4.57 Å². The Morgan fingerprint density at radius 2 is 0.950 bits per heavy atom. The average Bonchev–Trinajstić information content (AvgIpc) is 3.33. The zero-order valence-electron chi connectivity index (χ0n) is 32.6. The molecule has 0 spiro atoms. The van der Waals surface area contributed by atoms with E-state index in [0.29, 0.717) is 23.4 Å². The molecule has 0 fully saturated rings. The van der Waals surface area contributed by atoms with E-state index < -0.39 is 7.14 Å². The molecule has 11 rings (SSSR count). The van der Waals surface area contributed by atoms with Crippen molar-refractivity contribution in [3.8, 4) is 33.9 Å². The molecule has 0 N–H and O–H groups in total. The van der Waals surface area contributed by atoms with Crippen molar-refractivity contribution in [1.29, 1.82) is 0 Å². The summed E-state index contributed by atoms with van der Waals surface area (Å²) in [6.45, 7) is 0. The highest BCUT2D eigenvalue weighted by atomic mass is 31.2. The maximum atomic E-state index is 15.6. The first-order valence-electron chi connectivity index (χ1n) is 20.4. The molecule has 0 bridgehead atoms. The predicted molar refractivity (Wildman–Crippen MR) is 250 cm³/mol. The number of nitrogens with zero attached hydrogens (tertiary/aromatic N) is 3. The smallest absolute Gasteiger partial charge is 0.171 e. The third kappa shape index (κ3) is 6.16. The van der Waals surface area contributed by atoms with Crippen molar-refractivity contribution in [3.05, 3.63) is 224 Å². The van der Waals surface area contributed by atoms with Gasteiger partial charge < -0.3 is 4.57 Å². The van der Waals surface area contributed by atoms with Crippen LogP contribution in [0.2, 0.25) is 0 Å². The van der Waals surface area contributed by atoms with Gasteiger partial charge in [-0.25, -0.2) is 15.0 Å². The second kappa shape index (κ2) is 14.8. The molecule has 60 heavy (non-hydrogen) atoms. The van der Waals surface area contributed by atoms with E-state index in [2.05, 4.69) is 146 Å². The molecule has 8 aromatic carbocycles. The van der Waals surface area contributed by atoms with Crippen LogP contribution in [0.4, 0.5) is 0 Å². The Labute approximate surface area is 349 Å². The minimum absolute atomic E-state index is 0.232. The maximum Gasteiger partial charge on any atom is 0.171 e. The van der Waals surface area contributed by atoms with Crippen molar-refractivity contribution in [3.63, 3.8) is 0 Å². The Morgan fingerprint density at radius 3 is 1.63 bits per heavy atom. The van der Waals surface area contributed by atoms with Gasteiger partial charge >= 0.3 is 0 Å². The number of rotatable bonds is 7. The van der Waals surface area contributed by atoms with Crippen LogP contribution in [0.3, 0.4) is 0 Å². The topological polar surface area (TPSA) is 55.7 Å². The molecule has 2 aliphatic carbocycles. The molecule has 9 aromatic rings. The van der Waals surface area contributed by atoms with Crippen LogP contribution in [-0.4, -0.2) is 15.0 Å². The molecular formula is C55H38N3OP. The van der Waals surface area contributed by atoms with E-state index in [1.54, 1.807) is 0 Å². The fourth-order valence-corrected chi connectivity index (χ4v) is 11.7. The normalized spacial score (nSPS) is 16.0. The highest BCUT2D eigenvalue weighted by Gasteiger charge is 2.30. The molecule has 1 aromatic heterocycles. The molecule has 284 valence electrons. The fourth-order valence-electron chi connectivity index (χ4n) is 8.96. The summed E-state index contributed by atoms with van der Waals surface area (Å²) in [5.41, 5.74) is 4.92. The largest absolute Gasteiger partial charge is 0.309 e. The van der Waals surface area contributed by atoms with Gasteiger partial charge in [0.25, 0.3) is 0 Å². The second-order valence-corrected chi connectivity index (χ2v) is 18.2. The van der Waals surface area contributed by atoms with E-state index >= 15 is 4.57 Å². The Hall–Kier alpha value is -7.26. The highest BCUT2D eigenvalue weighted by molar-refractivity contribution is 7.85.